The molecule has 1 amide bonds. The average Bonchev–Trinajstić information content (AvgIpc) is 2.55. The van der Waals surface area contributed by atoms with Crippen molar-refractivity contribution in [2.75, 3.05) is 11.9 Å². The third-order valence-corrected chi connectivity index (χ3v) is 5.00. The molecule has 1 N–H and O–H groups in total. The van der Waals surface area contributed by atoms with Crippen molar-refractivity contribution in [1.29, 1.82) is 0 Å². The van der Waals surface area contributed by atoms with E-state index in [4.69, 9.17) is 74.3 Å². The van der Waals surface area contributed by atoms with Crippen molar-refractivity contribution in [2.24, 2.45) is 0 Å². The van der Waals surface area contributed by atoms with Gasteiger partial charge < -0.3 is 10.1 Å². The van der Waals surface area contributed by atoms with E-state index >= 15 is 0 Å². The molecule has 0 unspecified atom stereocenters. The van der Waals surface area contributed by atoms with Crippen molar-refractivity contribution < 1.29 is 14.3 Å². The molecule has 1 aromatic heterocycles. The number of amides is 1. The number of aromatic nitrogens is 1. The van der Waals surface area contributed by atoms with Crippen molar-refractivity contribution in [3.63, 3.8) is 0 Å². The second-order valence-electron chi connectivity index (χ2n) is 4.45. The molecule has 1 aromatic carbocycles. The fourth-order valence-electron chi connectivity index (χ4n) is 1.59. The summed E-state index contributed by atoms with van der Waals surface area (Å²) in [6, 6.07) is 2.73. The summed E-state index contributed by atoms with van der Waals surface area (Å²) in [4.78, 5) is 27.5. The number of hydrogen-bond acceptors (Lipinski definition) is 4. The van der Waals surface area contributed by atoms with Gasteiger partial charge in [0.15, 0.2) is 12.3 Å². The highest BCUT2D eigenvalue weighted by atomic mass is 35.5. The molecule has 11 heteroatoms. The molecule has 0 aliphatic rings. The first-order valence-electron chi connectivity index (χ1n) is 6.31. The number of nitrogens with zero attached hydrogens (tertiary/aromatic N) is 1. The van der Waals surface area contributed by atoms with E-state index < -0.39 is 18.5 Å². The van der Waals surface area contributed by atoms with Crippen LogP contribution >= 0.6 is 69.6 Å². The van der Waals surface area contributed by atoms with E-state index in [0.717, 1.165) is 6.20 Å². The minimum Gasteiger partial charge on any atom is -0.451 e. The van der Waals surface area contributed by atoms with Crippen LogP contribution in [0.25, 0.3) is 0 Å². The van der Waals surface area contributed by atoms with Crippen molar-refractivity contribution in [2.45, 2.75) is 0 Å². The molecule has 0 fully saturated rings. The van der Waals surface area contributed by atoms with Gasteiger partial charge in [-0.1, -0.05) is 69.6 Å². The number of nitrogens with one attached hydrogen (secondary N) is 1. The summed E-state index contributed by atoms with van der Waals surface area (Å²) in [6.45, 7) is -0.617. The second-order valence-corrected chi connectivity index (χ2v) is 6.84. The minimum absolute atomic E-state index is 0.0441. The van der Waals surface area contributed by atoms with Gasteiger partial charge in [-0.05, 0) is 12.1 Å². The molecule has 132 valence electrons. The lowest BCUT2D eigenvalue weighted by molar-refractivity contribution is -0.119. The standard InChI is InChI=1S/C14H6Cl6N2O3/c15-5-1-7(17)9(2-6(5)16)22-10(23)4-25-14(24)13-12(20)11(19)8(18)3-21-13/h1-3H,4H2,(H,22,23). The Morgan fingerprint density at radius 3 is 2.24 bits per heavy atom. The van der Waals surface area contributed by atoms with Crippen LogP contribution in [0.4, 0.5) is 5.69 Å². The topological polar surface area (TPSA) is 68.3 Å². The van der Waals surface area contributed by atoms with Crippen molar-refractivity contribution in [3.8, 4) is 0 Å². The summed E-state index contributed by atoms with van der Waals surface area (Å²) in [6.07, 6.45) is 1.14. The van der Waals surface area contributed by atoms with Gasteiger partial charge in [0.2, 0.25) is 0 Å². The first-order valence-corrected chi connectivity index (χ1v) is 8.58. The van der Waals surface area contributed by atoms with Crippen LogP contribution in [0.3, 0.4) is 0 Å². The molecule has 0 bridgehead atoms. The number of anilines is 1. The number of halogens is 6. The zero-order chi connectivity index (χ0) is 18.7. The molecule has 5 nitrogen and oxygen atoms in total. The van der Waals surface area contributed by atoms with E-state index in [1.54, 1.807) is 0 Å². The molecular weight excluding hydrogens is 457 g/mol. The number of hydrogen-bond donors (Lipinski definition) is 1. The molecular formula is C14H6Cl6N2O3. The van der Waals surface area contributed by atoms with Gasteiger partial charge in [0, 0.05) is 6.20 Å². The van der Waals surface area contributed by atoms with Gasteiger partial charge in [0.1, 0.15) is 0 Å². The van der Waals surface area contributed by atoms with Crippen molar-refractivity contribution >= 4 is 87.2 Å². The number of carbonyl (C=O) groups excluding carboxylic acids is 2. The Morgan fingerprint density at radius 1 is 0.920 bits per heavy atom. The fraction of sp³-hybridized carbons (Fsp3) is 0.0714. The van der Waals surface area contributed by atoms with Crippen LogP contribution in [0, 0.1) is 0 Å². The maximum atomic E-state index is 11.9. The Bertz CT molecular complexity index is 859. The number of esters is 1. The highest BCUT2D eigenvalue weighted by Crippen LogP contribution is 2.33. The van der Waals surface area contributed by atoms with E-state index in [1.165, 1.54) is 12.1 Å². The van der Waals surface area contributed by atoms with E-state index in [1.807, 2.05) is 0 Å². The maximum absolute atomic E-state index is 11.9. The Hall–Kier alpha value is -0.950. The molecule has 2 rings (SSSR count). The molecule has 2 aromatic rings. The van der Waals surface area contributed by atoms with Crippen LogP contribution in [0.15, 0.2) is 18.3 Å². The number of pyridine rings is 1. The van der Waals surface area contributed by atoms with Gasteiger partial charge in [-0.3, -0.25) is 4.79 Å². The van der Waals surface area contributed by atoms with Crippen molar-refractivity contribution in [1.82, 2.24) is 4.98 Å². The summed E-state index contributed by atoms with van der Waals surface area (Å²) in [5, 5.41) is 2.89. The van der Waals surface area contributed by atoms with Crippen LogP contribution in [0.5, 0.6) is 0 Å². The highest BCUT2D eigenvalue weighted by Gasteiger charge is 2.19. The predicted octanol–water partition coefficient (Wildman–Crippen LogP) is 5.80. The first kappa shape index (κ1) is 20.4. The largest absolute Gasteiger partial charge is 0.451 e. The summed E-state index contributed by atoms with van der Waals surface area (Å²) in [5.41, 5.74) is -0.0563. The van der Waals surface area contributed by atoms with Crippen LogP contribution in [0.1, 0.15) is 10.5 Å². The number of benzene rings is 1. The number of carbonyl (C=O) groups is 2. The lowest BCUT2D eigenvalue weighted by atomic mass is 10.3. The summed E-state index contributed by atoms with van der Waals surface area (Å²) in [7, 11) is 0. The summed E-state index contributed by atoms with van der Waals surface area (Å²) in [5.74, 6) is -1.61. The third kappa shape index (κ3) is 5.03. The maximum Gasteiger partial charge on any atom is 0.359 e. The van der Waals surface area contributed by atoms with Crippen LogP contribution < -0.4 is 5.32 Å². The van der Waals surface area contributed by atoms with Gasteiger partial charge in [-0.15, -0.1) is 0 Å². The van der Waals surface area contributed by atoms with Crippen LogP contribution in [-0.2, 0) is 9.53 Å². The molecule has 0 aliphatic heterocycles. The quantitative estimate of drug-likeness (QED) is 0.460. The zero-order valence-corrected chi connectivity index (χ0v) is 16.4. The molecule has 0 spiro atoms. The van der Waals surface area contributed by atoms with Gasteiger partial charge >= 0.3 is 5.97 Å². The van der Waals surface area contributed by atoms with Gasteiger partial charge in [-0.2, -0.15) is 0 Å². The first-order chi connectivity index (χ1) is 11.7. The Labute approximate surface area is 172 Å². The van der Waals surface area contributed by atoms with Crippen molar-refractivity contribution in [3.05, 3.63) is 54.2 Å². The molecule has 0 saturated heterocycles. The Morgan fingerprint density at radius 2 is 1.56 bits per heavy atom. The molecule has 0 atom stereocenters. The van der Waals surface area contributed by atoms with E-state index in [0.29, 0.717) is 0 Å². The Balaban J connectivity index is 2.02. The van der Waals surface area contributed by atoms with E-state index in [-0.39, 0.29) is 41.5 Å². The summed E-state index contributed by atoms with van der Waals surface area (Å²) >= 11 is 35.0. The third-order valence-electron chi connectivity index (χ3n) is 2.73. The normalized spacial score (nSPS) is 10.5. The van der Waals surface area contributed by atoms with Gasteiger partial charge in [-0.25, -0.2) is 9.78 Å². The monoisotopic (exact) mass is 460 g/mol. The summed E-state index contributed by atoms with van der Waals surface area (Å²) < 4.78 is 4.83. The lowest BCUT2D eigenvalue weighted by Gasteiger charge is -2.10. The minimum atomic E-state index is -0.945. The molecule has 25 heavy (non-hydrogen) atoms. The molecule has 0 aliphatic carbocycles. The average molecular weight is 463 g/mol. The SMILES string of the molecule is O=C(COC(=O)c1ncc(Cl)c(Cl)c1Cl)Nc1cc(Cl)c(Cl)cc1Cl. The Kier molecular flexibility index (Phi) is 7.02. The molecule has 0 saturated carbocycles. The molecule has 1 heterocycles. The number of rotatable bonds is 4. The number of ether oxygens (including phenoxy) is 1. The molecule has 0 radical (unpaired) electrons. The predicted molar refractivity (Wildman–Crippen MR) is 99.7 cm³/mol. The van der Waals surface area contributed by atoms with E-state index in [9.17, 15) is 9.59 Å². The smallest absolute Gasteiger partial charge is 0.359 e. The van der Waals surface area contributed by atoms with Gasteiger partial charge in [0.25, 0.3) is 5.91 Å². The zero-order valence-electron chi connectivity index (χ0n) is 11.9. The van der Waals surface area contributed by atoms with Crippen LogP contribution in [0.2, 0.25) is 30.1 Å². The lowest BCUT2D eigenvalue weighted by Crippen LogP contribution is -2.21. The van der Waals surface area contributed by atoms with Gasteiger partial charge in [0.05, 0.1) is 35.8 Å². The fourth-order valence-corrected chi connectivity index (χ4v) is 2.74. The second kappa shape index (κ2) is 8.62. The highest BCUT2D eigenvalue weighted by molar-refractivity contribution is 6.49. The van der Waals surface area contributed by atoms with E-state index in [2.05, 4.69) is 10.3 Å². The van der Waals surface area contributed by atoms with Crippen LogP contribution in [-0.4, -0.2) is 23.5 Å².